The molecule has 1 amide bonds. The summed E-state index contributed by atoms with van der Waals surface area (Å²) in [6.07, 6.45) is 1.68. The lowest BCUT2D eigenvalue weighted by Gasteiger charge is -2.24. The van der Waals surface area contributed by atoms with Crippen molar-refractivity contribution in [3.05, 3.63) is 23.8 Å². The monoisotopic (exact) mass is 267 g/mol. The van der Waals surface area contributed by atoms with Gasteiger partial charge in [-0.25, -0.2) is 0 Å². The lowest BCUT2D eigenvalue weighted by molar-refractivity contribution is 0.100. The summed E-state index contributed by atoms with van der Waals surface area (Å²) in [4.78, 5) is 11.3. The van der Waals surface area contributed by atoms with Gasteiger partial charge in [-0.05, 0) is 31.0 Å². The van der Waals surface area contributed by atoms with E-state index in [0.717, 1.165) is 12.8 Å². The van der Waals surface area contributed by atoms with Gasteiger partial charge in [0.25, 0.3) is 5.91 Å². The predicted molar refractivity (Wildman–Crippen MR) is 73.9 cm³/mol. The molecule has 0 atom stereocenters. The molecule has 0 unspecified atom stereocenters. The molecular formula is C12H17N3O2S. The van der Waals surface area contributed by atoms with Crippen LogP contribution in [0.1, 0.15) is 23.2 Å². The Morgan fingerprint density at radius 3 is 2.61 bits per heavy atom. The lowest BCUT2D eigenvalue weighted by atomic mass is 10.1. The van der Waals surface area contributed by atoms with E-state index in [0.29, 0.717) is 28.4 Å². The molecule has 98 valence electrons. The molecule has 1 aromatic carbocycles. The highest BCUT2D eigenvalue weighted by Crippen LogP contribution is 2.22. The topological polar surface area (TPSA) is 98.2 Å². The molecule has 5 nitrogen and oxygen atoms in total. The normalized spacial score (nSPS) is 23.6. The van der Waals surface area contributed by atoms with Gasteiger partial charge in [-0.3, -0.25) is 9.00 Å². The Kier molecular flexibility index (Phi) is 3.86. The molecule has 1 fully saturated rings. The van der Waals surface area contributed by atoms with Crippen molar-refractivity contribution in [2.75, 3.05) is 22.6 Å². The molecule has 0 aliphatic carbocycles. The average molecular weight is 267 g/mol. The molecule has 1 saturated heterocycles. The maximum atomic E-state index is 11.3. The largest absolute Gasteiger partial charge is 0.399 e. The second-order valence-electron chi connectivity index (χ2n) is 4.44. The zero-order chi connectivity index (χ0) is 13.1. The Morgan fingerprint density at radius 2 is 2.00 bits per heavy atom. The Labute approximate surface area is 108 Å². The van der Waals surface area contributed by atoms with E-state index in [1.54, 1.807) is 18.2 Å². The van der Waals surface area contributed by atoms with Crippen LogP contribution < -0.4 is 16.8 Å². The van der Waals surface area contributed by atoms with Crippen LogP contribution in [0.5, 0.6) is 0 Å². The number of hydrogen-bond donors (Lipinski definition) is 3. The molecule has 0 bridgehead atoms. The SMILES string of the molecule is NC(=O)c1cc(N)ccc1NC1CCS(=O)CC1. The molecule has 6 heteroatoms. The highest BCUT2D eigenvalue weighted by Gasteiger charge is 2.19. The van der Waals surface area contributed by atoms with Crippen molar-refractivity contribution in [1.82, 2.24) is 0 Å². The average Bonchev–Trinajstić information content (AvgIpc) is 2.34. The van der Waals surface area contributed by atoms with Gasteiger partial charge in [0.05, 0.1) is 5.56 Å². The number of rotatable bonds is 3. The van der Waals surface area contributed by atoms with Gasteiger partial charge in [0.2, 0.25) is 0 Å². The number of hydrogen-bond acceptors (Lipinski definition) is 4. The van der Waals surface area contributed by atoms with Crippen molar-refractivity contribution < 1.29 is 9.00 Å². The van der Waals surface area contributed by atoms with E-state index in [1.807, 2.05) is 0 Å². The second-order valence-corrected chi connectivity index (χ2v) is 6.13. The fourth-order valence-corrected chi connectivity index (χ4v) is 3.35. The molecule has 0 spiro atoms. The van der Waals surface area contributed by atoms with Crippen molar-refractivity contribution in [1.29, 1.82) is 0 Å². The maximum Gasteiger partial charge on any atom is 0.250 e. The summed E-state index contributed by atoms with van der Waals surface area (Å²) in [6, 6.07) is 5.31. The van der Waals surface area contributed by atoms with Gasteiger partial charge >= 0.3 is 0 Å². The van der Waals surface area contributed by atoms with E-state index < -0.39 is 16.7 Å². The zero-order valence-corrected chi connectivity index (χ0v) is 10.8. The van der Waals surface area contributed by atoms with Crippen LogP contribution in [-0.4, -0.2) is 27.7 Å². The molecule has 5 N–H and O–H groups in total. The zero-order valence-electron chi connectivity index (χ0n) is 10.0. The van der Waals surface area contributed by atoms with Crippen molar-refractivity contribution >= 4 is 28.1 Å². The highest BCUT2D eigenvalue weighted by molar-refractivity contribution is 7.85. The molecule has 1 aliphatic heterocycles. The maximum absolute atomic E-state index is 11.3. The number of nitrogen functional groups attached to an aromatic ring is 1. The standard InChI is InChI=1S/C12H17N3O2S/c13-8-1-2-11(10(7-8)12(14)16)15-9-3-5-18(17)6-4-9/h1-2,7,9,15H,3-6,13H2,(H2,14,16). The Bertz CT molecular complexity index is 480. The second kappa shape index (κ2) is 5.39. The van der Waals surface area contributed by atoms with E-state index in [-0.39, 0.29) is 6.04 Å². The number of benzene rings is 1. The number of nitrogens with two attached hydrogens (primary N) is 2. The van der Waals surface area contributed by atoms with Crippen LogP contribution in [-0.2, 0) is 10.8 Å². The molecule has 1 aliphatic rings. The minimum Gasteiger partial charge on any atom is -0.399 e. The van der Waals surface area contributed by atoms with Gasteiger partial charge in [0, 0.05) is 39.7 Å². The fraction of sp³-hybridized carbons (Fsp3) is 0.417. The van der Waals surface area contributed by atoms with Gasteiger partial charge in [-0.15, -0.1) is 0 Å². The molecule has 0 saturated carbocycles. The first-order valence-electron chi connectivity index (χ1n) is 5.87. The Balaban J connectivity index is 2.13. The number of anilines is 2. The number of amides is 1. The number of carbonyl (C=O) groups excluding carboxylic acids is 1. The molecule has 0 radical (unpaired) electrons. The van der Waals surface area contributed by atoms with Crippen LogP contribution in [0.4, 0.5) is 11.4 Å². The van der Waals surface area contributed by atoms with Gasteiger partial charge < -0.3 is 16.8 Å². The molecule has 1 heterocycles. The van der Waals surface area contributed by atoms with Crippen LogP contribution in [0.25, 0.3) is 0 Å². The van der Waals surface area contributed by atoms with Gasteiger partial charge in [-0.1, -0.05) is 0 Å². The fourth-order valence-electron chi connectivity index (χ4n) is 2.05. The third-order valence-corrected chi connectivity index (χ3v) is 4.44. The van der Waals surface area contributed by atoms with Crippen LogP contribution in [0.3, 0.4) is 0 Å². The molecule has 1 aromatic rings. The Morgan fingerprint density at radius 1 is 1.33 bits per heavy atom. The van der Waals surface area contributed by atoms with Gasteiger partial charge in [0.15, 0.2) is 0 Å². The minimum absolute atomic E-state index is 0.240. The van der Waals surface area contributed by atoms with Crippen LogP contribution in [0.15, 0.2) is 18.2 Å². The van der Waals surface area contributed by atoms with Gasteiger partial charge in [0.1, 0.15) is 0 Å². The van der Waals surface area contributed by atoms with E-state index >= 15 is 0 Å². The summed E-state index contributed by atoms with van der Waals surface area (Å²) in [5.74, 6) is 0.918. The van der Waals surface area contributed by atoms with E-state index in [9.17, 15) is 9.00 Å². The highest BCUT2D eigenvalue weighted by atomic mass is 32.2. The quantitative estimate of drug-likeness (QED) is 0.702. The summed E-state index contributed by atoms with van der Waals surface area (Å²) in [5.41, 5.74) is 12.6. The number of nitrogens with one attached hydrogen (secondary N) is 1. The van der Waals surface area contributed by atoms with Gasteiger partial charge in [-0.2, -0.15) is 0 Å². The van der Waals surface area contributed by atoms with E-state index in [4.69, 9.17) is 11.5 Å². The van der Waals surface area contributed by atoms with Crippen LogP contribution in [0, 0.1) is 0 Å². The third-order valence-electron chi connectivity index (χ3n) is 3.06. The third kappa shape index (κ3) is 3.01. The summed E-state index contributed by atoms with van der Waals surface area (Å²) in [7, 11) is -0.688. The molecule has 18 heavy (non-hydrogen) atoms. The summed E-state index contributed by atoms with van der Waals surface area (Å²) in [6.45, 7) is 0. The Hall–Kier alpha value is -1.56. The first-order chi connectivity index (χ1) is 8.56. The van der Waals surface area contributed by atoms with Crippen LogP contribution >= 0.6 is 0 Å². The van der Waals surface area contributed by atoms with Crippen molar-refractivity contribution in [2.45, 2.75) is 18.9 Å². The summed E-state index contributed by atoms with van der Waals surface area (Å²) in [5, 5.41) is 3.29. The summed E-state index contributed by atoms with van der Waals surface area (Å²) >= 11 is 0. The smallest absolute Gasteiger partial charge is 0.250 e. The summed E-state index contributed by atoms with van der Waals surface area (Å²) < 4.78 is 11.3. The molecule has 0 aromatic heterocycles. The van der Waals surface area contributed by atoms with E-state index in [1.165, 1.54) is 0 Å². The van der Waals surface area contributed by atoms with Crippen molar-refractivity contribution in [3.63, 3.8) is 0 Å². The molecular weight excluding hydrogens is 250 g/mol. The lowest BCUT2D eigenvalue weighted by Crippen LogP contribution is -2.30. The number of carbonyl (C=O) groups is 1. The first-order valence-corrected chi connectivity index (χ1v) is 7.36. The minimum atomic E-state index is -0.688. The van der Waals surface area contributed by atoms with Crippen molar-refractivity contribution in [2.24, 2.45) is 5.73 Å². The van der Waals surface area contributed by atoms with Crippen molar-refractivity contribution in [3.8, 4) is 0 Å². The van der Waals surface area contributed by atoms with Crippen LogP contribution in [0.2, 0.25) is 0 Å². The first kappa shape index (κ1) is 12.9. The predicted octanol–water partition coefficient (Wildman–Crippen LogP) is 0.691. The number of primary amides is 1. The van der Waals surface area contributed by atoms with E-state index in [2.05, 4.69) is 5.32 Å². The molecule has 2 rings (SSSR count).